The minimum atomic E-state index is -4.47. The standard InChI is InChI=1S/C17H19FN2O2.C16H16ClFN2O.C15H22FN3O2.2C15H16FN3O.C11H12F4N2O.C11H15FN2O2/c1-22-15-8-4-13(5-9-15)11-20-17(21)16(19)10-12-2-6-14(18)7-3-12;17-13-5-1-12(2-6-13)10-20-16(21)15(19)9-11-3-7-14(18)8-4-11;16-13-3-1-12(2-4-13)11-14(17)15(20)18-5-6-19-7-9-21-10-8-19;2*16-13-3-1-11(2-4-13)9-14(17)15(20)19-10-12-5-7-18-8-6-12;12-8-3-1-7(2-4-8)5-9(16)10(18)17-6-11(13,14)15;12-9-3-1-8(2-4-9)7-10(13)11(16)14-5-6-15/h2-9,16H,10-11,19H2,1H3,(H,20,21);1-8,15H,9-10,19H2,(H,20,21);1-4,14H,5-11,17H2,(H,18,20);2*1-8,14H,9-10,17H2,(H,19,20);1-4,9H,5-6,16H2,(H,17,18);1-4,10,15H,5-7,13H2,(H,14,16). The number of aliphatic hydroxyl groups is 1. The Bertz CT molecular complexity index is 5280. The molecule has 9 aromatic carbocycles. The fourth-order valence-corrected chi connectivity index (χ4v) is 12.4. The summed E-state index contributed by atoms with van der Waals surface area (Å²) in [6.07, 6.45) is 4.49. The fraction of sp³-hybridized carbons (Fsp3) is 0.290. The molecule has 2 aromatic heterocycles. The smallest absolute Gasteiger partial charge is 0.405 e. The predicted octanol–water partition coefficient (Wildman–Crippen LogP) is 8.82. The average Bonchev–Trinajstić information content (AvgIpc) is 0.904. The number of morpholine rings is 1. The van der Waals surface area contributed by atoms with Gasteiger partial charge >= 0.3 is 6.18 Å². The molecule has 1 fully saturated rings. The molecule has 0 spiro atoms. The molecular formula is C100H116ClF10N17O10. The van der Waals surface area contributed by atoms with Gasteiger partial charge in [0.15, 0.2) is 0 Å². The van der Waals surface area contributed by atoms with Gasteiger partial charge in [-0.1, -0.05) is 121 Å². The molecule has 7 amide bonds. The third-order valence-electron chi connectivity index (χ3n) is 20.1. The van der Waals surface area contributed by atoms with Crippen LogP contribution in [0, 0.1) is 40.7 Å². The molecule has 738 valence electrons. The molecule has 1 saturated heterocycles. The third kappa shape index (κ3) is 47.8. The molecule has 22 N–H and O–H groups in total. The van der Waals surface area contributed by atoms with Crippen molar-refractivity contribution >= 4 is 53.0 Å². The maximum Gasteiger partial charge on any atom is 0.405 e. The number of ether oxygens (including phenoxy) is 2. The number of methoxy groups -OCH3 is 1. The molecule has 12 rings (SSSR count). The summed E-state index contributed by atoms with van der Waals surface area (Å²) in [5, 5.41) is 27.3. The molecule has 0 radical (unpaired) electrons. The Balaban J connectivity index is 0.000000247. The monoisotopic (exact) mass is 1940 g/mol. The number of halogens is 11. The summed E-state index contributed by atoms with van der Waals surface area (Å²) in [4.78, 5) is 92.2. The molecule has 38 heteroatoms. The highest BCUT2D eigenvalue weighted by atomic mass is 35.5. The fourth-order valence-electron chi connectivity index (χ4n) is 12.3. The summed E-state index contributed by atoms with van der Waals surface area (Å²) in [7, 11) is 1.60. The van der Waals surface area contributed by atoms with Gasteiger partial charge in [0.2, 0.25) is 41.4 Å². The molecule has 7 atom stereocenters. The minimum absolute atomic E-state index is 0.0456. The van der Waals surface area contributed by atoms with Crippen LogP contribution in [0.15, 0.2) is 267 Å². The molecule has 1 aliphatic rings. The lowest BCUT2D eigenvalue weighted by Crippen LogP contribution is -2.46. The van der Waals surface area contributed by atoms with Gasteiger partial charge in [-0.15, -0.1) is 0 Å². The van der Waals surface area contributed by atoms with E-state index in [-0.39, 0.29) is 89.9 Å². The van der Waals surface area contributed by atoms with Gasteiger partial charge in [-0.05, 0) is 240 Å². The van der Waals surface area contributed by atoms with Crippen LogP contribution in [0.3, 0.4) is 0 Å². The first-order valence-electron chi connectivity index (χ1n) is 43.6. The lowest BCUT2D eigenvalue weighted by atomic mass is 10.1. The third-order valence-corrected chi connectivity index (χ3v) is 20.3. The number of carbonyl (C=O) groups excluding carboxylic acids is 7. The number of nitrogens with two attached hydrogens (primary N) is 7. The number of alkyl halides is 3. The van der Waals surface area contributed by atoms with Crippen LogP contribution < -0.4 is 82.1 Å². The summed E-state index contributed by atoms with van der Waals surface area (Å²) in [6.45, 7) is 4.97. The van der Waals surface area contributed by atoms with Crippen LogP contribution in [-0.2, 0) is 109 Å². The van der Waals surface area contributed by atoms with E-state index in [2.05, 4.69) is 46.8 Å². The van der Waals surface area contributed by atoms with Crippen LogP contribution in [0.25, 0.3) is 0 Å². The van der Waals surface area contributed by atoms with Crippen molar-refractivity contribution in [2.45, 2.75) is 120 Å². The highest BCUT2D eigenvalue weighted by Crippen LogP contribution is 2.18. The van der Waals surface area contributed by atoms with Gasteiger partial charge in [0, 0.05) is 88.7 Å². The quantitative estimate of drug-likeness (QED) is 0.0163. The zero-order chi connectivity index (χ0) is 101. The lowest BCUT2D eigenvalue weighted by Gasteiger charge is -2.26. The van der Waals surface area contributed by atoms with E-state index in [4.69, 9.17) is 66.3 Å². The van der Waals surface area contributed by atoms with Crippen molar-refractivity contribution in [1.29, 1.82) is 0 Å². The zero-order valence-corrected chi connectivity index (χ0v) is 76.5. The van der Waals surface area contributed by atoms with E-state index >= 15 is 0 Å². The average molecular weight is 1940 g/mol. The summed E-state index contributed by atoms with van der Waals surface area (Å²) < 4.78 is 135. The van der Waals surface area contributed by atoms with Gasteiger partial charge < -0.3 is 91.9 Å². The Kier molecular flexibility index (Phi) is 51.2. The number of nitrogens with zero attached hydrogens (tertiary/aromatic N) is 3. The second-order valence-electron chi connectivity index (χ2n) is 31.2. The van der Waals surface area contributed by atoms with E-state index in [0.29, 0.717) is 81.8 Å². The molecule has 11 aromatic rings. The van der Waals surface area contributed by atoms with Crippen LogP contribution in [0.5, 0.6) is 5.75 Å². The van der Waals surface area contributed by atoms with E-state index < -0.39 is 66.7 Å². The molecule has 0 aliphatic carbocycles. The van der Waals surface area contributed by atoms with Crippen LogP contribution in [0.1, 0.15) is 61.2 Å². The largest absolute Gasteiger partial charge is 0.497 e. The normalized spacial score (nSPS) is 12.9. The Morgan fingerprint density at radius 2 is 0.558 bits per heavy atom. The van der Waals surface area contributed by atoms with Gasteiger partial charge in [0.25, 0.3) is 0 Å². The van der Waals surface area contributed by atoms with Crippen molar-refractivity contribution < 1.29 is 92.0 Å². The summed E-state index contributed by atoms with van der Waals surface area (Å²) in [5.41, 5.74) is 49.7. The van der Waals surface area contributed by atoms with Crippen molar-refractivity contribution in [1.82, 2.24) is 52.1 Å². The number of aromatic nitrogens is 2. The maximum atomic E-state index is 12.8. The molecule has 7 unspecified atom stereocenters. The van der Waals surface area contributed by atoms with E-state index in [1.54, 1.807) is 122 Å². The molecule has 3 heterocycles. The number of hydrogen-bond donors (Lipinski definition) is 15. The number of hydrogen-bond acceptors (Lipinski definition) is 20. The number of aliphatic hydroxyl groups excluding tert-OH is 1. The van der Waals surface area contributed by atoms with Gasteiger partial charge in [0.05, 0.1) is 69.2 Å². The highest BCUT2D eigenvalue weighted by molar-refractivity contribution is 6.30. The maximum absolute atomic E-state index is 12.8. The zero-order valence-electron chi connectivity index (χ0n) is 75.7. The van der Waals surface area contributed by atoms with Crippen LogP contribution in [-0.4, -0.2) is 176 Å². The number of rotatable bonds is 36. The number of amides is 7. The number of carbonyl (C=O) groups is 7. The Hall–Kier alpha value is -13.4. The number of pyridine rings is 2. The summed E-state index contributed by atoms with van der Waals surface area (Å²) in [6, 6.07) is 57.9. The van der Waals surface area contributed by atoms with Crippen molar-refractivity contribution in [2.24, 2.45) is 40.1 Å². The van der Waals surface area contributed by atoms with Gasteiger partial charge in [0.1, 0.15) is 53.0 Å². The van der Waals surface area contributed by atoms with Gasteiger partial charge in [-0.2, -0.15) is 13.2 Å². The summed E-state index contributed by atoms with van der Waals surface area (Å²) in [5.74, 6) is -3.81. The summed E-state index contributed by atoms with van der Waals surface area (Å²) >= 11 is 5.79. The Labute approximate surface area is 799 Å². The molecule has 138 heavy (non-hydrogen) atoms. The number of benzene rings is 9. The van der Waals surface area contributed by atoms with Crippen molar-refractivity contribution in [3.63, 3.8) is 0 Å². The first kappa shape index (κ1) is 113. The van der Waals surface area contributed by atoms with E-state index in [1.807, 2.05) is 60.7 Å². The van der Waals surface area contributed by atoms with Crippen molar-refractivity contribution in [3.05, 3.63) is 374 Å². The highest BCUT2D eigenvalue weighted by Gasteiger charge is 2.29. The minimum Gasteiger partial charge on any atom is -0.497 e. The van der Waals surface area contributed by atoms with E-state index in [9.17, 15) is 77.5 Å². The second kappa shape index (κ2) is 62.3. The molecule has 0 saturated carbocycles. The lowest BCUT2D eigenvalue weighted by molar-refractivity contribution is -0.139. The first-order valence-corrected chi connectivity index (χ1v) is 43.9. The Morgan fingerprint density at radius 3 is 0.797 bits per heavy atom. The molecule has 27 nitrogen and oxygen atoms in total. The van der Waals surface area contributed by atoms with Crippen molar-refractivity contribution in [2.75, 3.05) is 66.2 Å². The topological polar surface area (TPSA) is 454 Å². The first-order chi connectivity index (χ1) is 66.0. The SMILES string of the molecule is COc1ccc(CNC(=O)C(N)Cc2ccc(F)cc2)cc1.NC(Cc1ccc(F)cc1)C(=O)NCC(F)(F)F.NC(Cc1ccc(F)cc1)C(=O)NCCN1CCOCC1.NC(Cc1ccc(F)cc1)C(=O)NCCO.NC(Cc1ccc(F)cc1)C(=O)NCc1ccc(Cl)cc1.NC(Cc1ccc(F)cc1)C(=O)NCc1ccncc1.NC(Cc1ccc(F)cc1)C(=O)NCc1ccncc1. The van der Waals surface area contributed by atoms with Crippen molar-refractivity contribution in [3.8, 4) is 5.75 Å². The van der Waals surface area contributed by atoms with E-state index in [1.165, 1.54) is 97.1 Å². The Morgan fingerprint density at radius 1 is 0.341 bits per heavy atom. The molecular weight excluding hydrogens is 1820 g/mol. The van der Waals surface area contributed by atoms with Gasteiger partial charge in [-0.25, -0.2) is 30.7 Å². The number of nitrogens with one attached hydrogen (secondary N) is 7. The van der Waals surface area contributed by atoms with E-state index in [0.717, 1.165) is 94.2 Å². The van der Waals surface area contributed by atoms with Crippen LogP contribution >= 0.6 is 11.6 Å². The molecule has 0 bridgehead atoms. The van der Waals surface area contributed by atoms with Crippen LogP contribution in [0.2, 0.25) is 5.02 Å². The predicted molar refractivity (Wildman–Crippen MR) is 506 cm³/mol. The molecule has 1 aliphatic heterocycles. The second-order valence-corrected chi connectivity index (χ2v) is 31.6. The van der Waals surface area contributed by atoms with Gasteiger partial charge in [-0.3, -0.25) is 48.4 Å². The van der Waals surface area contributed by atoms with Crippen LogP contribution in [0.4, 0.5) is 43.9 Å².